The summed E-state index contributed by atoms with van der Waals surface area (Å²) in [6.45, 7) is 0. The van der Waals surface area contributed by atoms with Crippen LogP contribution in [0.3, 0.4) is 0 Å². The molecule has 23 heavy (non-hydrogen) atoms. The van der Waals surface area contributed by atoms with E-state index in [9.17, 15) is 5.11 Å². The molecule has 0 aliphatic rings. The number of fused-ring (bicyclic) bond motifs is 1. The lowest BCUT2D eigenvalue weighted by molar-refractivity contribution is 0.475. The Labute approximate surface area is 133 Å². The SMILES string of the molecule is Oc1cccc(-c2cncc(-c3cccc4cccnc34)n2)c1. The van der Waals surface area contributed by atoms with E-state index in [1.807, 2.05) is 36.4 Å². The zero-order valence-electron chi connectivity index (χ0n) is 12.2. The first-order valence-corrected chi connectivity index (χ1v) is 7.27. The normalized spacial score (nSPS) is 10.8. The van der Waals surface area contributed by atoms with E-state index < -0.39 is 0 Å². The van der Waals surface area contributed by atoms with Crippen LogP contribution in [0.4, 0.5) is 0 Å². The van der Waals surface area contributed by atoms with Gasteiger partial charge in [-0.2, -0.15) is 0 Å². The fourth-order valence-corrected chi connectivity index (χ4v) is 2.61. The van der Waals surface area contributed by atoms with Crippen LogP contribution in [0.1, 0.15) is 0 Å². The summed E-state index contributed by atoms with van der Waals surface area (Å²) in [5, 5.41) is 10.7. The van der Waals surface area contributed by atoms with Crippen molar-refractivity contribution in [1.82, 2.24) is 15.0 Å². The Balaban J connectivity index is 1.88. The second-order valence-corrected chi connectivity index (χ2v) is 5.22. The summed E-state index contributed by atoms with van der Waals surface area (Å²) in [5.74, 6) is 0.210. The van der Waals surface area contributed by atoms with E-state index in [0.29, 0.717) is 5.69 Å². The van der Waals surface area contributed by atoms with E-state index in [0.717, 1.165) is 27.7 Å². The van der Waals surface area contributed by atoms with E-state index in [4.69, 9.17) is 4.98 Å². The molecule has 0 spiro atoms. The van der Waals surface area contributed by atoms with E-state index in [1.165, 1.54) is 0 Å². The number of phenolic OH excluding ortho intramolecular Hbond substituents is 1. The molecule has 0 radical (unpaired) electrons. The van der Waals surface area contributed by atoms with E-state index in [1.54, 1.807) is 36.8 Å². The first-order valence-electron chi connectivity index (χ1n) is 7.27. The van der Waals surface area contributed by atoms with Gasteiger partial charge in [-0.1, -0.05) is 36.4 Å². The minimum Gasteiger partial charge on any atom is -0.508 e. The molecule has 0 fully saturated rings. The molecule has 0 saturated heterocycles. The first kappa shape index (κ1) is 13.4. The minimum absolute atomic E-state index is 0.210. The van der Waals surface area contributed by atoms with Crippen LogP contribution in [0.2, 0.25) is 0 Å². The number of nitrogens with zero attached hydrogens (tertiary/aromatic N) is 3. The van der Waals surface area contributed by atoms with Crippen molar-refractivity contribution in [2.75, 3.05) is 0 Å². The molecule has 0 unspecified atom stereocenters. The Hall–Kier alpha value is -3.27. The molecule has 4 heteroatoms. The molecule has 110 valence electrons. The molecule has 0 atom stereocenters. The van der Waals surface area contributed by atoms with E-state index >= 15 is 0 Å². The topological polar surface area (TPSA) is 58.9 Å². The highest BCUT2D eigenvalue weighted by molar-refractivity contribution is 5.92. The number of pyridine rings is 1. The van der Waals surface area contributed by atoms with Crippen molar-refractivity contribution in [2.24, 2.45) is 0 Å². The predicted molar refractivity (Wildman–Crippen MR) is 89.9 cm³/mol. The lowest BCUT2D eigenvalue weighted by atomic mass is 10.1. The van der Waals surface area contributed by atoms with Crippen molar-refractivity contribution in [3.63, 3.8) is 0 Å². The highest BCUT2D eigenvalue weighted by Crippen LogP contribution is 2.27. The molecule has 0 bridgehead atoms. The molecule has 0 aliphatic heterocycles. The van der Waals surface area contributed by atoms with Gasteiger partial charge in [0.1, 0.15) is 5.75 Å². The number of benzene rings is 2. The number of aromatic nitrogens is 3. The molecule has 4 aromatic rings. The molecular weight excluding hydrogens is 286 g/mol. The third-order valence-corrected chi connectivity index (χ3v) is 3.69. The summed E-state index contributed by atoms with van der Waals surface area (Å²) in [7, 11) is 0. The lowest BCUT2D eigenvalue weighted by Gasteiger charge is -2.07. The van der Waals surface area contributed by atoms with Crippen molar-refractivity contribution in [3.8, 4) is 28.3 Å². The van der Waals surface area contributed by atoms with Gasteiger partial charge in [0.25, 0.3) is 0 Å². The van der Waals surface area contributed by atoms with Gasteiger partial charge in [0, 0.05) is 22.7 Å². The van der Waals surface area contributed by atoms with Crippen LogP contribution in [0, 0.1) is 0 Å². The van der Waals surface area contributed by atoms with Gasteiger partial charge in [0.15, 0.2) is 0 Å². The Morgan fingerprint density at radius 2 is 1.65 bits per heavy atom. The number of aromatic hydroxyl groups is 1. The Bertz CT molecular complexity index is 993. The van der Waals surface area contributed by atoms with Crippen molar-refractivity contribution in [3.05, 3.63) is 73.2 Å². The van der Waals surface area contributed by atoms with Gasteiger partial charge in [-0.05, 0) is 18.2 Å². The third kappa shape index (κ3) is 2.51. The summed E-state index contributed by atoms with van der Waals surface area (Å²) in [6.07, 6.45) is 5.20. The summed E-state index contributed by atoms with van der Waals surface area (Å²) in [5.41, 5.74) is 4.14. The number of para-hydroxylation sites is 1. The van der Waals surface area contributed by atoms with E-state index in [-0.39, 0.29) is 5.75 Å². The molecular formula is C19H13N3O. The number of rotatable bonds is 2. The Kier molecular flexibility index (Phi) is 3.20. The molecule has 0 amide bonds. The quantitative estimate of drug-likeness (QED) is 0.606. The fraction of sp³-hybridized carbons (Fsp3) is 0. The van der Waals surface area contributed by atoms with Gasteiger partial charge >= 0.3 is 0 Å². The van der Waals surface area contributed by atoms with Crippen LogP contribution in [0.25, 0.3) is 33.4 Å². The average molecular weight is 299 g/mol. The maximum absolute atomic E-state index is 9.64. The second kappa shape index (κ2) is 5.50. The van der Waals surface area contributed by atoms with Gasteiger partial charge in [0.05, 0.1) is 29.3 Å². The highest BCUT2D eigenvalue weighted by Gasteiger charge is 2.08. The van der Waals surface area contributed by atoms with Crippen molar-refractivity contribution in [2.45, 2.75) is 0 Å². The van der Waals surface area contributed by atoms with Crippen LogP contribution < -0.4 is 0 Å². The Morgan fingerprint density at radius 1 is 0.826 bits per heavy atom. The summed E-state index contributed by atoms with van der Waals surface area (Å²) in [6, 6.07) is 16.9. The smallest absolute Gasteiger partial charge is 0.116 e. The summed E-state index contributed by atoms with van der Waals surface area (Å²) >= 11 is 0. The molecule has 0 aliphatic carbocycles. The molecule has 0 saturated carbocycles. The number of hydrogen-bond acceptors (Lipinski definition) is 4. The standard InChI is InChI=1S/C19H13N3O/c23-15-7-1-5-14(10-15)17-11-20-12-18(22-17)16-8-2-4-13-6-3-9-21-19(13)16/h1-12,23H. The summed E-state index contributed by atoms with van der Waals surface area (Å²) in [4.78, 5) is 13.5. The van der Waals surface area contributed by atoms with Crippen LogP contribution in [0.5, 0.6) is 5.75 Å². The van der Waals surface area contributed by atoms with Gasteiger partial charge in [-0.3, -0.25) is 9.97 Å². The largest absolute Gasteiger partial charge is 0.508 e. The highest BCUT2D eigenvalue weighted by atomic mass is 16.3. The summed E-state index contributed by atoms with van der Waals surface area (Å²) < 4.78 is 0. The van der Waals surface area contributed by atoms with Gasteiger partial charge in [0.2, 0.25) is 0 Å². The molecule has 4 nitrogen and oxygen atoms in total. The molecule has 2 heterocycles. The average Bonchev–Trinajstić information content (AvgIpc) is 2.61. The molecule has 4 rings (SSSR count). The molecule has 2 aromatic heterocycles. The van der Waals surface area contributed by atoms with Gasteiger partial charge < -0.3 is 5.11 Å². The van der Waals surface area contributed by atoms with Crippen LogP contribution in [0.15, 0.2) is 73.2 Å². The third-order valence-electron chi connectivity index (χ3n) is 3.69. The maximum Gasteiger partial charge on any atom is 0.116 e. The van der Waals surface area contributed by atoms with Crippen LogP contribution in [-0.4, -0.2) is 20.1 Å². The predicted octanol–water partition coefficient (Wildman–Crippen LogP) is 4.06. The first-order chi connectivity index (χ1) is 11.3. The van der Waals surface area contributed by atoms with Gasteiger partial charge in [-0.15, -0.1) is 0 Å². The minimum atomic E-state index is 0.210. The van der Waals surface area contributed by atoms with Crippen molar-refractivity contribution < 1.29 is 5.11 Å². The number of phenols is 1. The second-order valence-electron chi connectivity index (χ2n) is 5.22. The van der Waals surface area contributed by atoms with Crippen LogP contribution in [-0.2, 0) is 0 Å². The van der Waals surface area contributed by atoms with Crippen molar-refractivity contribution >= 4 is 10.9 Å². The van der Waals surface area contributed by atoms with Gasteiger partial charge in [-0.25, -0.2) is 4.98 Å². The zero-order chi connectivity index (χ0) is 15.6. The maximum atomic E-state index is 9.64. The van der Waals surface area contributed by atoms with Crippen LogP contribution >= 0.6 is 0 Å². The molecule has 2 aromatic carbocycles. The van der Waals surface area contributed by atoms with E-state index in [2.05, 4.69) is 9.97 Å². The molecule has 1 N–H and O–H groups in total. The monoisotopic (exact) mass is 299 g/mol. The lowest BCUT2D eigenvalue weighted by Crippen LogP contribution is -1.92. The fourth-order valence-electron chi connectivity index (χ4n) is 2.61. The number of hydrogen-bond donors (Lipinski definition) is 1. The Morgan fingerprint density at radius 3 is 2.57 bits per heavy atom. The zero-order valence-corrected chi connectivity index (χ0v) is 12.2. The van der Waals surface area contributed by atoms with Crippen molar-refractivity contribution in [1.29, 1.82) is 0 Å².